The highest BCUT2D eigenvalue weighted by molar-refractivity contribution is 7.35. The van der Waals surface area contributed by atoms with Crippen molar-refractivity contribution >= 4 is 13.7 Å². The second-order valence-corrected chi connectivity index (χ2v) is 3.10. The molecule has 0 aromatic heterocycles. The Bertz CT molecular complexity index is 149. The summed E-state index contributed by atoms with van der Waals surface area (Å²) in [4.78, 5) is 8.74. The molecule has 0 aromatic carbocycles. The van der Waals surface area contributed by atoms with Crippen LogP contribution in [-0.4, -0.2) is 10.2 Å². The quantitative estimate of drug-likeness (QED) is 0.514. The van der Waals surface area contributed by atoms with E-state index in [-0.39, 0.29) is 0 Å². The van der Waals surface area contributed by atoms with E-state index in [2.05, 4.69) is 6.58 Å². The van der Waals surface area contributed by atoms with Gasteiger partial charge >= 0.3 is 0 Å². The highest BCUT2D eigenvalue weighted by Gasteiger charge is 2.08. The molecule has 0 atom stereocenters. The molecular formula is C7H11OP. The van der Waals surface area contributed by atoms with E-state index >= 15 is 0 Å². The van der Waals surface area contributed by atoms with E-state index in [1.54, 1.807) is 0 Å². The zero-order chi connectivity index (χ0) is 6.69. The van der Waals surface area contributed by atoms with Gasteiger partial charge in [0.1, 0.15) is 0 Å². The summed E-state index contributed by atoms with van der Waals surface area (Å²) in [7, 11) is 0.438. The highest BCUT2D eigenvalue weighted by Crippen LogP contribution is 2.22. The lowest BCUT2D eigenvalue weighted by atomic mass is 9.96. The molecular weight excluding hydrogens is 131 g/mol. The third-order valence-corrected chi connectivity index (χ3v) is 2.45. The summed E-state index contributed by atoms with van der Waals surface area (Å²) in [5, 5.41) is 1.14. The van der Waals surface area contributed by atoms with E-state index in [0.717, 1.165) is 23.7 Å². The Hall–Kier alpha value is -0.130. The molecule has 0 aromatic rings. The van der Waals surface area contributed by atoms with Crippen LogP contribution in [0.3, 0.4) is 0 Å². The second kappa shape index (κ2) is 3.14. The second-order valence-electron chi connectivity index (χ2n) is 2.36. The van der Waals surface area contributed by atoms with Gasteiger partial charge in [-0.25, -0.2) is 0 Å². The van der Waals surface area contributed by atoms with Crippen LogP contribution in [0.1, 0.15) is 25.7 Å². The van der Waals surface area contributed by atoms with Crippen molar-refractivity contribution < 1.29 is 4.89 Å². The van der Waals surface area contributed by atoms with Crippen LogP contribution in [0.25, 0.3) is 0 Å². The summed E-state index contributed by atoms with van der Waals surface area (Å²) < 4.78 is 0. The Kier molecular flexibility index (Phi) is 2.44. The molecule has 0 aliphatic heterocycles. The maximum atomic E-state index is 8.74. The fourth-order valence-electron chi connectivity index (χ4n) is 1.07. The topological polar surface area (TPSA) is 20.2 Å². The van der Waals surface area contributed by atoms with Gasteiger partial charge in [0.15, 0.2) is 0 Å². The van der Waals surface area contributed by atoms with Gasteiger partial charge in [0.25, 0.3) is 0 Å². The van der Waals surface area contributed by atoms with Crippen LogP contribution in [0.2, 0.25) is 0 Å². The van der Waals surface area contributed by atoms with Gasteiger partial charge in [-0.05, 0) is 31.3 Å². The maximum Gasteiger partial charge on any atom is 0.0559 e. The summed E-state index contributed by atoms with van der Waals surface area (Å²) >= 11 is 0. The third kappa shape index (κ3) is 1.64. The third-order valence-electron chi connectivity index (χ3n) is 1.67. The molecule has 1 rings (SSSR count). The average molecular weight is 142 g/mol. The molecule has 0 heterocycles. The molecule has 1 aliphatic rings. The minimum atomic E-state index is 0.438. The molecule has 0 bridgehead atoms. The van der Waals surface area contributed by atoms with Crippen molar-refractivity contribution in [1.82, 2.24) is 0 Å². The van der Waals surface area contributed by atoms with Gasteiger partial charge in [0, 0.05) is 5.29 Å². The fourth-order valence-corrected chi connectivity index (χ4v) is 1.58. The maximum absolute atomic E-state index is 8.74. The van der Waals surface area contributed by atoms with E-state index in [1.807, 2.05) is 0 Å². The van der Waals surface area contributed by atoms with Gasteiger partial charge in [0.2, 0.25) is 0 Å². The lowest BCUT2D eigenvalue weighted by molar-refractivity contribution is 0.658. The van der Waals surface area contributed by atoms with Crippen LogP contribution in [-0.2, 0) is 0 Å². The van der Waals surface area contributed by atoms with Crippen molar-refractivity contribution in [2.45, 2.75) is 25.7 Å². The summed E-state index contributed by atoms with van der Waals surface area (Å²) in [6, 6.07) is 0. The van der Waals surface area contributed by atoms with E-state index < -0.39 is 0 Å². The van der Waals surface area contributed by atoms with Crippen molar-refractivity contribution in [1.29, 1.82) is 0 Å². The Labute approximate surface area is 57.3 Å². The molecule has 50 valence electrons. The first kappa shape index (κ1) is 6.98. The Morgan fingerprint density at radius 3 is 2.44 bits per heavy atom. The van der Waals surface area contributed by atoms with Gasteiger partial charge in [0.05, 0.1) is 8.43 Å². The number of rotatable bonds is 0. The van der Waals surface area contributed by atoms with Gasteiger partial charge in [-0.1, -0.05) is 6.58 Å². The SMILES string of the molecule is C=C1CCCCC1=PO. The summed E-state index contributed by atoms with van der Waals surface area (Å²) in [6.07, 6.45) is 4.61. The lowest BCUT2D eigenvalue weighted by Crippen LogP contribution is -2.04. The zero-order valence-corrected chi connectivity index (χ0v) is 6.32. The van der Waals surface area contributed by atoms with Crippen LogP contribution >= 0.6 is 8.43 Å². The molecule has 0 amide bonds. The van der Waals surface area contributed by atoms with Crippen molar-refractivity contribution in [3.8, 4) is 0 Å². The number of hydrogen-bond acceptors (Lipinski definition) is 1. The van der Waals surface area contributed by atoms with E-state index in [1.165, 1.54) is 12.8 Å². The predicted molar refractivity (Wildman–Crippen MR) is 41.8 cm³/mol. The molecule has 2 heteroatoms. The molecule has 1 nitrogen and oxygen atoms in total. The predicted octanol–water partition coefficient (Wildman–Crippen LogP) is 2.14. The molecule has 9 heavy (non-hydrogen) atoms. The first-order chi connectivity index (χ1) is 4.34. The standard InChI is InChI=1S/C7H11OP/c1-6-4-2-3-5-7(6)9-8/h8H,1-5H2. The van der Waals surface area contributed by atoms with Gasteiger partial charge in [-0.2, -0.15) is 0 Å². The van der Waals surface area contributed by atoms with E-state index in [0.29, 0.717) is 8.43 Å². The number of hydrogen-bond donors (Lipinski definition) is 1. The van der Waals surface area contributed by atoms with Crippen LogP contribution in [0.15, 0.2) is 12.2 Å². The van der Waals surface area contributed by atoms with Crippen molar-refractivity contribution in [3.05, 3.63) is 12.2 Å². The molecule has 1 aliphatic carbocycles. The van der Waals surface area contributed by atoms with Crippen molar-refractivity contribution in [3.63, 3.8) is 0 Å². The largest absolute Gasteiger partial charge is 0.341 e. The molecule has 0 saturated heterocycles. The summed E-state index contributed by atoms with van der Waals surface area (Å²) in [5.41, 5.74) is 1.16. The molecule has 1 N–H and O–H groups in total. The minimum absolute atomic E-state index is 0.438. The average Bonchev–Trinajstić information content (AvgIpc) is 1.89. The van der Waals surface area contributed by atoms with Gasteiger partial charge < -0.3 is 4.89 Å². The number of allylic oxidation sites excluding steroid dienone is 1. The lowest BCUT2D eigenvalue weighted by Gasteiger charge is -2.13. The molecule has 1 saturated carbocycles. The van der Waals surface area contributed by atoms with E-state index in [9.17, 15) is 0 Å². The van der Waals surface area contributed by atoms with Crippen LogP contribution < -0.4 is 0 Å². The Balaban J connectivity index is 2.60. The van der Waals surface area contributed by atoms with Crippen molar-refractivity contribution in [2.24, 2.45) is 0 Å². The smallest absolute Gasteiger partial charge is 0.0559 e. The Morgan fingerprint density at radius 2 is 2.00 bits per heavy atom. The molecule has 0 spiro atoms. The summed E-state index contributed by atoms with van der Waals surface area (Å²) in [5.74, 6) is 0. The van der Waals surface area contributed by atoms with Crippen LogP contribution in [0, 0.1) is 0 Å². The minimum Gasteiger partial charge on any atom is -0.341 e. The monoisotopic (exact) mass is 142 g/mol. The Morgan fingerprint density at radius 1 is 1.33 bits per heavy atom. The normalized spacial score (nSPS) is 25.0. The zero-order valence-electron chi connectivity index (χ0n) is 5.43. The first-order valence-electron chi connectivity index (χ1n) is 3.23. The van der Waals surface area contributed by atoms with E-state index in [4.69, 9.17) is 4.89 Å². The highest BCUT2D eigenvalue weighted by atomic mass is 31.1. The van der Waals surface area contributed by atoms with Crippen LogP contribution in [0.4, 0.5) is 0 Å². The summed E-state index contributed by atoms with van der Waals surface area (Å²) in [6.45, 7) is 3.86. The van der Waals surface area contributed by atoms with Gasteiger partial charge in [-0.3, -0.25) is 0 Å². The molecule has 0 unspecified atom stereocenters. The molecule has 1 fully saturated rings. The first-order valence-corrected chi connectivity index (χ1v) is 4.08. The van der Waals surface area contributed by atoms with Crippen molar-refractivity contribution in [2.75, 3.05) is 0 Å². The van der Waals surface area contributed by atoms with Gasteiger partial charge in [-0.15, -0.1) is 0 Å². The molecule has 0 radical (unpaired) electrons. The fraction of sp³-hybridized carbons (Fsp3) is 0.571. The van der Waals surface area contributed by atoms with Crippen LogP contribution in [0.5, 0.6) is 0 Å².